The Bertz CT molecular complexity index is 576. The summed E-state index contributed by atoms with van der Waals surface area (Å²) in [4.78, 5) is 23.2. The monoisotopic (exact) mass is 315 g/mol. The molecule has 0 heterocycles. The third-order valence-corrected chi connectivity index (χ3v) is 5.36. The predicted octanol–water partition coefficient (Wildman–Crippen LogP) is 2.94. The Morgan fingerprint density at radius 1 is 1.04 bits per heavy atom. The third-order valence-electron chi connectivity index (χ3n) is 5.36. The van der Waals surface area contributed by atoms with Gasteiger partial charge in [-0.3, -0.25) is 9.59 Å². The second-order valence-corrected chi connectivity index (χ2v) is 7.04. The number of carbonyl (C=O) groups is 2. The highest BCUT2D eigenvalue weighted by molar-refractivity contribution is 5.76. The van der Waals surface area contributed by atoms with Crippen molar-refractivity contribution in [1.82, 2.24) is 5.32 Å². The van der Waals surface area contributed by atoms with Crippen LogP contribution in [-0.2, 0) is 22.4 Å². The molecular weight excluding hydrogens is 290 g/mol. The maximum atomic E-state index is 12.3. The molecule has 0 saturated heterocycles. The lowest BCUT2D eigenvalue weighted by atomic mass is 9.82. The molecule has 0 radical (unpaired) electrons. The van der Waals surface area contributed by atoms with Crippen molar-refractivity contribution in [2.45, 2.75) is 57.4 Å². The zero-order chi connectivity index (χ0) is 16.2. The molecule has 1 amide bonds. The van der Waals surface area contributed by atoms with Gasteiger partial charge in [-0.05, 0) is 62.0 Å². The molecule has 124 valence electrons. The quantitative estimate of drug-likeness (QED) is 0.898. The van der Waals surface area contributed by atoms with Crippen LogP contribution < -0.4 is 5.32 Å². The molecule has 0 aromatic heterocycles. The van der Waals surface area contributed by atoms with Gasteiger partial charge in [-0.25, -0.2) is 0 Å². The number of rotatable bonds is 4. The maximum Gasteiger partial charge on any atom is 0.306 e. The average Bonchev–Trinajstić information content (AvgIpc) is 2.55. The fourth-order valence-corrected chi connectivity index (χ4v) is 3.98. The summed E-state index contributed by atoms with van der Waals surface area (Å²) in [6, 6.07) is 8.68. The van der Waals surface area contributed by atoms with E-state index in [0.29, 0.717) is 25.2 Å². The first-order valence-electron chi connectivity index (χ1n) is 8.70. The van der Waals surface area contributed by atoms with Gasteiger partial charge in [-0.2, -0.15) is 0 Å². The van der Waals surface area contributed by atoms with Gasteiger partial charge in [0.15, 0.2) is 0 Å². The summed E-state index contributed by atoms with van der Waals surface area (Å²) in [5.74, 6) is -0.359. The number of carboxylic acids is 1. The highest BCUT2D eigenvalue weighted by Gasteiger charge is 2.27. The SMILES string of the molecule is O=C(CC1CCc2ccccc2C1)NC1CCC(C(=O)O)CC1. The molecule has 0 spiro atoms. The number of hydrogen-bond donors (Lipinski definition) is 2. The Labute approximate surface area is 137 Å². The van der Waals surface area contributed by atoms with E-state index in [-0.39, 0.29) is 17.9 Å². The minimum absolute atomic E-state index is 0.133. The van der Waals surface area contributed by atoms with Crippen LogP contribution in [0.1, 0.15) is 49.7 Å². The summed E-state index contributed by atoms with van der Waals surface area (Å²) in [5.41, 5.74) is 2.81. The van der Waals surface area contributed by atoms with Gasteiger partial charge in [0.1, 0.15) is 0 Å². The number of benzene rings is 1. The molecule has 0 bridgehead atoms. The molecule has 4 heteroatoms. The number of carboxylic acid groups (broad SMARTS) is 1. The lowest BCUT2D eigenvalue weighted by Crippen LogP contribution is -2.39. The van der Waals surface area contributed by atoms with Crippen molar-refractivity contribution in [3.05, 3.63) is 35.4 Å². The Hall–Kier alpha value is -1.84. The fraction of sp³-hybridized carbons (Fsp3) is 0.579. The zero-order valence-electron chi connectivity index (χ0n) is 13.5. The van der Waals surface area contributed by atoms with Crippen LogP contribution in [0.25, 0.3) is 0 Å². The minimum atomic E-state index is -0.698. The zero-order valence-corrected chi connectivity index (χ0v) is 13.5. The van der Waals surface area contributed by atoms with E-state index in [1.54, 1.807) is 0 Å². The van der Waals surface area contributed by atoms with Crippen molar-refractivity contribution in [3.63, 3.8) is 0 Å². The van der Waals surface area contributed by atoms with E-state index < -0.39 is 5.97 Å². The summed E-state index contributed by atoms with van der Waals surface area (Å²) >= 11 is 0. The molecule has 0 aliphatic heterocycles. The molecule has 2 N–H and O–H groups in total. The number of carbonyl (C=O) groups excluding carboxylic acids is 1. The first-order chi connectivity index (χ1) is 11.1. The molecule has 1 saturated carbocycles. The van der Waals surface area contributed by atoms with Gasteiger partial charge in [0.2, 0.25) is 5.91 Å². The van der Waals surface area contributed by atoms with Crippen LogP contribution in [0.3, 0.4) is 0 Å². The van der Waals surface area contributed by atoms with Gasteiger partial charge in [0.05, 0.1) is 5.92 Å². The van der Waals surface area contributed by atoms with E-state index in [2.05, 4.69) is 29.6 Å². The molecule has 2 aliphatic carbocycles. The third kappa shape index (κ3) is 4.12. The molecule has 3 rings (SSSR count). The summed E-state index contributed by atoms with van der Waals surface area (Å²) in [6.45, 7) is 0. The highest BCUT2D eigenvalue weighted by atomic mass is 16.4. The van der Waals surface area contributed by atoms with E-state index in [1.807, 2.05) is 0 Å². The van der Waals surface area contributed by atoms with Crippen LogP contribution in [0, 0.1) is 11.8 Å². The van der Waals surface area contributed by atoms with Crippen LogP contribution in [0.4, 0.5) is 0 Å². The molecular formula is C19H25NO3. The molecule has 1 unspecified atom stereocenters. The summed E-state index contributed by atoms with van der Waals surface area (Å²) in [7, 11) is 0. The first-order valence-corrected chi connectivity index (χ1v) is 8.70. The number of aliphatic carboxylic acids is 1. The second-order valence-electron chi connectivity index (χ2n) is 7.04. The molecule has 1 atom stereocenters. The molecule has 1 aromatic rings. The van der Waals surface area contributed by atoms with Crippen LogP contribution in [0.2, 0.25) is 0 Å². The Kier molecular flexibility index (Phi) is 4.99. The van der Waals surface area contributed by atoms with Crippen molar-refractivity contribution in [3.8, 4) is 0 Å². The number of hydrogen-bond acceptors (Lipinski definition) is 2. The average molecular weight is 315 g/mol. The van der Waals surface area contributed by atoms with Crippen LogP contribution in [0.15, 0.2) is 24.3 Å². The van der Waals surface area contributed by atoms with Crippen molar-refractivity contribution >= 4 is 11.9 Å². The number of fused-ring (bicyclic) bond motifs is 1. The largest absolute Gasteiger partial charge is 0.481 e. The van der Waals surface area contributed by atoms with Crippen LogP contribution in [0.5, 0.6) is 0 Å². The van der Waals surface area contributed by atoms with Crippen LogP contribution >= 0.6 is 0 Å². The summed E-state index contributed by atoms with van der Waals surface area (Å²) in [5, 5.41) is 12.1. The number of aryl methyl sites for hydroxylation is 1. The second kappa shape index (κ2) is 7.16. The maximum absolute atomic E-state index is 12.3. The lowest BCUT2D eigenvalue weighted by molar-refractivity contribution is -0.142. The number of amides is 1. The van der Waals surface area contributed by atoms with Crippen molar-refractivity contribution in [2.24, 2.45) is 11.8 Å². The van der Waals surface area contributed by atoms with Gasteiger partial charge >= 0.3 is 5.97 Å². The van der Waals surface area contributed by atoms with Crippen molar-refractivity contribution < 1.29 is 14.7 Å². The summed E-state index contributed by atoms with van der Waals surface area (Å²) in [6.07, 6.45) is 6.66. The predicted molar refractivity (Wildman–Crippen MR) is 88.1 cm³/mol. The first kappa shape index (κ1) is 16.0. The van der Waals surface area contributed by atoms with Gasteiger partial charge < -0.3 is 10.4 Å². The topological polar surface area (TPSA) is 66.4 Å². The van der Waals surface area contributed by atoms with Crippen molar-refractivity contribution in [1.29, 1.82) is 0 Å². The van der Waals surface area contributed by atoms with E-state index in [0.717, 1.165) is 32.1 Å². The highest BCUT2D eigenvalue weighted by Crippen LogP contribution is 2.28. The molecule has 4 nitrogen and oxygen atoms in total. The Morgan fingerprint density at radius 2 is 1.74 bits per heavy atom. The van der Waals surface area contributed by atoms with Gasteiger partial charge in [0.25, 0.3) is 0 Å². The van der Waals surface area contributed by atoms with Gasteiger partial charge in [-0.1, -0.05) is 24.3 Å². The smallest absolute Gasteiger partial charge is 0.306 e. The standard InChI is InChI=1S/C19H25NO3/c21-18(20-17-9-7-15(8-10-17)19(22)23)12-13-5-6-14-3-1-2-4-16(14)11-13/h1-4,13,15,17H,5-12H2,(H,20,21)(H,22,23). The lowest BCUT2D eigenvalue weighted by Gasteiger charge is -2.28. The minimum Gasteiger partial charge on any atom is -0.481 e. The van der Waals surface area contributed by atoms with Crippen LogP contribution in [-0.4, -0.2) is 23.0 Å². The fourth-order valence-electron chi connectivity index (χ4n) is 3.98. The van der Waals surface area contributed by atoms with Gasteiger partial charge in [-0.15, -0.1) is 0 Å². The molecule has 23 heavy (non-hydrogen) atoms. The van der Waals surface area contributed by atoms with E-state index in [1.165, 1.54) is 11.1 Å². The Morgan fingerprint density at radius 3 is 2.43 bits per heavy atom. The molecule has 1 aromatic carbocycles. The van der Waals surface area contributed by atoms with E-state index in [4.69, 9.17) is 5.11 Å². The van der Waals surface area contributed by atoms with E-state index >= 15 is 0 Å². The van der Waals surface area contributed by atoms with Crippen molar-refractivity contribution in [2.75, 3.05) is 0 Å². The molecule has 2 aliphatic rings. The molecule has 1 fully saturated rings. The number of nitrogens with one attached hydrogen (secondary N) is 1. The Balaban J connectivity index is 1.45. The summed E-state index contributed by atoms with van der Waals surface area (Å²) < 4.78 is 0. The van der Waals surface area contributed by atoms with Gasteiger partial charge in [0, 0.05) is 12.5 Å². The normalized spacial score (nSPS) is 27.0. The van der Waals surface area contributed by atoms with E-state index in [9.17, 15) is 9.59 Å².